The molecule has 1 saturated heterocycles. The van der Waals surface area contributed by atoms with Crippen LogP contribution in [-0.4, -0.2) is 53.0 Å². The van der Waals surface area contributed by atoms with Gasteiger partial charge in [-0.15, -0.1) is 36.6 Å². The Morgan fingerprint density at radius 2 is 2.00 bits per heavy atom. The van der Waals surface area contributed by atoms with E-state index in [2.05, 4.69) is 21.8 Å². The predicted octanol–water partition coefficient (Wildman–Crippen LogP) is 3.64. The van der Waals surface area contributed by atoms with Crippen LogP contribution in [0.3, 0.4) is 0 Å². The van der Waals surface area contributed by atoms with Gasteiger partial charge in [0.2, 0.25) is 5.91 Å². The van der Waals surface area contributed by atoms with E-state index in [0.29, 0.717) is 37.0 Å². The molecule has 170 valence electrons. The SMILES string of the molecule is C[C@@H]1SCc2ncnc(N3CCN(C(=O)[C@H](N)Cc4ccc(Cl)c(F)c4)CC3)c21.Cl.Cl. The van der Waals surface area contributed by atoms with Crippen LogP contribution in [0.2, 0.25) is 5.02 Å². The quantitative estimate of drug-likeness (QED) is 0.680. The Kier molecular flexibility index (Phi) is 9.21. The lowest BCUT2D eigenvalue weighted by molar-refractivity contribution is -0.132. The molecule has 0 saturated carbocycles. The van der Waals surface area contributed by atoms with Gasteiger partial charge in [0.1, 0.15) is 18.0 Å². The topological polar surface area (TPSA) is 75.4 Å². The predicted molar refractivity (Wildman–Crippen MR) is 128 cm³/mol. The number of hydrogen-bond acceptors (Lipinski definition) is 6. The van der Waals surface area contributed by atoms with Gasteiger partial charge in [0.15, 0.2) is 0 Å². The van der Waals surface area contributed by atoms with Gasteiger partial charge in [0, 0.05) is 42.7 Å². The van der Waals surface area contributed by atoms with Crippen molar-refractivity contribution < 1.29 is 9.18 Å². The van der Waals surface area contributed by atoms with Gasteiger partial charge in [-0.2, -0.15) is 0 Å². The molecule has 31 heavy (non-hydrogen) atoms. The normalized spacial score (nSPS) is 18.6. The van der Waals surface area contributed by atoms with E-state index in [1.165, 1.54) is 17.7 Å². The van der Waals surface area contributed by atoms with Crippen molar-refractivity contribution in [2.24, 2.45) is 5.73 Å². The number of anilines is 1. The summed E-state index contributed by atoms with van der Waals surface area (Å²) in [5, 5.41) is 0.447. The molecular weight excluding hydrogens is 484 g/mol. The minimum Gasteiger partial charge on any atom is -0.353 e. The second-order valence-electron chi connectivity index (χ2n) is 7.38. The molecule has 1 fully saturated rings. The maximum Gasteiger partial charge on any atom is 0.239 e. The van der Waals surface area contributed by atoms with E-state index in [1.54, 1.807) is 17.3 Å². The third-order valence-corrected chi connectivity index (χ3v) is 6.95. The van der Waals surface area contributed by atoms with Crippen LogP contribution in [0, 0.1) is 5.82 Å². The lowest BCUT2D eigenvalue weighted by atomic mass is 10.0. The number of nitrogens with zero attached hydrogens (tertiary/aromatic N) is 4. The Balaban J connectivity index is 0.00000171. The van der Waals surface area contributed by atoms with Crippen LogP contribution in [0.25, 0.3) is 0 Å². The van der Waals surface area contributed by atoms with E-state index < -0.39 is 11.9 Å². The number of carbonyl (C=O) groups excluding carboxylic acids is 1. The van der Waals surface area contributed by atoms with Crippen molar-refractivity contribution in [2.45, 2.75) is 30.4 Å². The van der Waals surface area contributed by atoms with Gasteiger partial charge in [-0.3, -0.25) is 4.79 Å². The van der Waals surface area contributed by atoms with E-state index >= 15 is 0 Å². The molecule has 0 spiro atoms. The van der Waals surface area contributed by atoms with Gasteiger partial charge < -0.3 is 15.5 Å². The van der Waals surface area contributed by atoms with Crippen LogP contribution in [0.5, 0.6) is 0 Å². The van der Waals surface area contributed by atoms with Crippen LogP contribution in [0.15, 0.2) is 24.5 Å². The van der Waals surface area contributed by atoms with Crippen LogP contribution in [0.4, 0.5) is 10.2 Å². The molecule has 2 aliphatic heterocycles. The molecule has 11 heteroatoms. The second-order valence-corrected chi connectivity index (χ2v) is 9.12. The zero-order valence-electron chi connectivity index (χ0n) is 17.0. The number of carbonyl (C=O) groups is 1. The molecule has 0 bridgehead atoms. The summed E-state index contributed by atoms with van der Waals surface area (Å²) in [7, 11) is 0. The molecule has 2 N–H and O–H groups in total. The zero-order valence-corrected chi connectivity index (χ0v) is 20.2. The highest BCUT2D eigenvalue weighted by Gasteiger charge is 2.30. The Morgan fingerprint density at radius 1 is 1.29 bits per heavy atom. The number of benzene rings is 1. The Labute approximate surface area is 202 Å². The first-order chi connectivity index (χ1) is 13.9. The highest BCUT2D eigenvalue weighted by atomic mass is 35.5. The maximum atomic E-state index is 13.6. The first-order valence-electron chi connectivity index (χ1n) is 9.62. The van der Waals surface area contributed by atoms with Crippen molar-refractivity contribution in [3.8, 4) is 0 Å². The second kappa shape index (κ2) is 11.0. The first kappa shape index (κ1) is 25.9. The fourth-order valence-electron chi connectivity index (χ4n) is 3.87. The number of rotatable bonds is 4. The van der Waals surface area contributed by atoms with Crippen molar-refractivity contribution >= 4 is 59.9 Å². The summed E-state index contributed by atoms with van der Waals surface area (Å²) in [5.74, 6) is 1.30. The molecule has 4 rings (SSSR count). The van der Waals surface area contributed by atoms with Crippen molar-refractivity contribution in [3.05, 3.63) is 52.2 Å². The monoisotopic (exact) mass is 507 g/mol. The lowest BCUT2D eigenvalue weighted by Gasteiger charge is -2.37. The number of amides is 1. The summed E-state index contributed by atoms with van der Waals surface area (Å²) >= 11 is 7.58. The molecule has 0 aliphatic carbocycles. The summed E-state index contributed by atoms with van der Waals surface area (Å²) in [6, 6.07) is 3.82. The molecule has 6 nitrogen and oxygen atoms in total. The summed E-state index contributed by atoms with van der Waals surface area (Å²) in [6.07, 6.45) is 1.91. The zero-order chi connectivity index (χ0) is 20.5. The minimum atomic E-state index is -0.707. The van der Waals surface area contributed by atoms with Crippen molar-refractivity contribution in [2.75, 3.05) is 31.1 Å². The fourth-order valence-corrected chi connectivity index (χ4v) is 5.04. The summed E-state index contributed by atoms with van der Waals surface area (Å²) in [4.78, 5) is 25.7. The summed E-state index contributed by atoms with van der Waals surface area (Å²) in [6.45, 7) is 4.76. The van der Waals surface area contributed by atoms with Gasteiger partial charge in [-0.25, -0.2) is 14.4 Å². The molecule has 3 heterocycles. The summed E-state index contributed by atoms with van der Waals surface area (Å²) in [5.41, 5.74) is 9.12. The number of halogens is 4. The maximum absolute atomic E-state index is 13.6. The first-order valence-corrected chi connectivity index (χ1v) is 11.1. The van der Waals surface area contributed by atoms with Crippen LogP contribution in [-0.2, 0) is 17.0 Å². The van der Waals surface area contributed by atoms with Crippen molar-refractivity contribution in [1.29, 1.82) is 0 Å². The molecule has 1 amide bonds. The van der Waals surface area contributed by atoms with E-state index in [1.807, 2.05) is 11.8 Å². The summed E-state index contributed by atoms with van der Waals surface area (Å²) < 4.78 is 13.6. The van der Waals surface area contributed by atoms with E-state index in [4.69, 9.17) is 17.3 Å². The molecular formula is C20H25Cl3FN5OS. The number of nitrogens with two attached hydrogens (primary N) is 1. The molecule has 0 unspecified atom stereocenters. The largest absolute Gasteiger partial charge is 0.353 e. The fraction of sp³-hybridized carbons (Fsp3) is 0.450. The van der Waals surface area contributed by atoms with Gasteiger partial charge in [0.05, 0.1) is 16.8 Å². The highest BCUT2D eigenvalue weighted by Crippen LogP contribution is 2.44. The van der Waals surface area contributed by atoms with Crippen LogP contribution >= 0.6 is 48.2 Å². The number of piperazine rings is 1. The van der Waals surface area contributed by atoms with Gasteiger partial charge >= 0.3 is 0 Å². The van der Waals surface area contributed by atoms with Crippen LogP contribution in [0.1, 0.15) is 29.0 Å². The minimum absolute atomic E-state index is 0. The molecule has 2 atom stereocenters. The molecule has 0 radical (unpaired) electrons. The van der Waals surface area contributed by atoms with Gasteiger partial charge in [-0.1, -0.05) is 17.7 Å². The van der Waals surface area contributed by atoms with E-state index in [0.717, 1.165) is 17.3 Å². The lowest BCUT2D eigenvalue weighted by Crippen LogP contribution is -2.54. The smallest absolute Gasteiger partial charge is 0.239 e. The third kappa shape index (κ3) is 5.54. The molecule has 1 aromatic heterocycles. The van der Waals surface area contributed by atoms with Gasteiger partial charge in [0.25, 0.3) is 0 Å². The van der Waals surface area contributed by atoms with Crippen molar-refractivity contribution in [3.63, 3.8) is 0 Å². The standard InChI is InChI=1S/C20H23ClFN5OS.2ClH/c1-12-18-17(10-29-12)24-11-25-19(18)26-4-6-27(7-5-26)20(28)16(23)9-13-2-3-14(21)15(22)8-13;;/h2-3,8,11-12,16H,4-7,9-10,23H2,1H3;2*1H/t12-,16+;;/m0../s1. The molecule has 1 aromatic carbocycles. The Bertz CT molecular complexity index is 930. The Hall–Kier alpha value is -1.32. The number of aromatic nitrogens is 2. The van der Waals surface area contributed by atoms with E-state index in [-0.39, 0.29) is 42.2 Å². The average molecular weight is 509 g/mol. The Morgan fingerprint density at radius 3 is 2.68 bits per heavy atom. The molecule has 2 aliphatic rings. The number of hydrogen-bond donors (Lipinski definition) is 1. The third-order valence-electron chi connectivity index (χ3n) is 5.47. The average Bonchev–Trinajstić information content (AvgIpc) is 3.11. The number of fused-ring (bicyclic) bond motifs is 1. The highest BCUT2D eigenvalue weighted by molar-refractivity contribution is 7.99. The van der Waals surface area contributed by atoms with E-state index in [9.17, 15) is 9.18 Å². The number of thioether (sulfide) groups is 1. The van der Waals surface area contributed by atoms with Crippen LogP contribution < -0.4 is 10.6 Å². The van der Waals surface area contributed by atoms with Gasteiger partial charge in [-0.05, 0) is 31.0 Å². The molecule has 2 aromatic rings. The van der Waals surface area contributed by atoms with Crippen molar-refractivity contribution in [1.82, 2.24) is 14.9 Å².